The maximum absolute atomic E-state index is 11.7. The number of rotatable bonds is 6. The molecule has 0 bridgehead atoms. The molecule has 24 heavy (non-hydrogen) atoms. The Hall–Kier alpha value is -2.12. The molecule has 8 nitrogen and oxygen atoms in total. The van der Waals surface area contributed by atoms with E-state index in [-0.39, 0.29) is 12.3 Å². The Kier molecular flexibility index (Phi) is 4.87. The van der Waals surface area contributed by atoms with Crippen molar-refractivity contribution in [2.24, 2.45) is 47.3 Å². The molecule has 8 heteroatoms. The lowest BCUT2D eigenvalue weighted by molar-refractivity contribution is -0.203. The van der Waals surface area contributed by atoms with E-state index in [9.17, 15) is 39.6 Å². The molecule has 2 aliphatic rings. The molecule has 2 rings (SSSR count). The summed E-state index contributed by atoms with van der Waals surface area (Å²) in [6.45, 7) is 3.60. The van der Waals surface area contributed by atoms with Crippen LogP contribution in [0.5, 0.6) is 0 Å². The average molecular weight is 342 g/mol. The number of aliphatic carboxylic acids is 4. The molecule has 8 atom stereocenters. The van der Waals surface area contributed by atoms with Gasteiger partial charge >= 0.3 is 23.9 Å². The van der Waals surface area contributed by atoms with E-state index in [2.05, 4.69) is 0 Å². The first-order valence-electron chi connectivity index (χ1n) is 8.04. The van der Waals surface area contributed by atoms with Crippen molar-refractivity contribution < 1.29 is 39.6 Å². The predicted molar refractivity (Wildman–Crippen MR) is 79.0 cm³/mol. The van der Waals surface area contributed by atoms with Gasteiger partial charge in [0.1, 0.15) is 0 Å². The zero-order chi connectivity index (χ0) is 18.3. The van der Waals surface area contributed by atoms with Gasteiger partial charge in [-0.3, -0.25) is 19.2 Å². The SMILES string of the molecule is CCC(C)C1C(C(=O)O)C(C(=O)O)CC2C(C(=O)O)C(C(=O)O)C21. The monoisotopic (exact) mass is 342 g/mol. The first-order chi connectivity index (χ1) is 11.1. The molecule has 2 saturated carbocycles. The fourth-order valence-corrected chi connectivity index (χ4v) is 4.89. The first-order valence-corrected chi connectivity index (χ1v) is 8.04. The van der Waals surface area contributed by atoms with E-state index in [1.54, 1.807) is 6.92 Å². The second kappa shape index (κ2) is 6.41. The van der Waals surface area contributed by atoms with Crippen LogP contribution in [0.4, 0.5) is 0 Å². The summed E-state index contributed by atoms with van der Waals surface area (Å²) in [5.74, 6) is -11.9. The predicted octanol–water partition coefficient (Wildman–Crippen LogP) is 1.10. The standard InChI is InChI=1S/C16H22O8/c1-3-5(2)8-9-6(10(14(19)20)12(9)16(23)24)4-7(13(17)18)11(8)15(21)22/h5-12H,3-4H2,1-2H3,(H,17,18)(H,19,20)(H,21,22)(H,23,24). The Balaban J connectivity index is 2.51. The molecule has 2 aliphatic carbocycles. The van der Waals surface area contributed by atoms with Gasteiger partial charge in [-0.15, -0.1) is 0 Å². The second-order valence-electron chi connectivity index (χ2n) is 6.98. The molecule has 2 fully saturated rings. The van der Waals surface area contributed by atoms with E-state index in [1.165, 1.54) is 0 Å². The van der Waals surface area contributed by atoms with E-state index in [0.29, 0.717) is 6.42 Å². The summed E-state index contributed by atoms with van der Waals surface area (Å²) in [7, 11) is 0. The van der Waals surface area contributed by atoms with E-state index < -0.39 is 65.3 Å². The lowest BCUT2D eigenvalue weighted by atomic mass is 9.43. The number of carboxylic acids is 4. The second-order valence-corrected chi connectivity index (χ2v) is 6.98. The maximum atomic E-state index is 11.7. The smallest absolute Gasteiger partial charge is 0.307 e. The van der Waals surface area contributed by atoms with Crippen LogP contribution in [0.3, 0.4) is 0 Å². The third-order valence-electron chi connectivity index (χ3n) is 6.05. The fraction of sp³-hybridized carbons (Fsp3) is 0.750. The van der Waals surface area contributed by atoms with Gasteiger partial charge in [-0.2, -0.15) is 0 Å². The van der Waals surface area contributed by atoms with Gasteiger partial charge in [0.05, 0.1) is 23.7 Å². The molecular formula is C16H22O8. The lowest BCUT2D eigenvalue weighted by Gasteiger charge is -2.58. The number of hydrogen-bond acceptors (Lipinski definition) is 4. The summed E-state index contributed by atoms with van der Waals surface area (Å²) < 4.78 is 0. The summed E-state index contributed by atoms with van der Waals surface area (Å²) in [5, 5.41) is 37.8. The minimum absolute atomic E-state index is 0.107. The van der Waals surface area contributed by atoms with Crippen LogP contribution >= 0.6 is 0 Å². The third kappa shape index (κ3) is 2.63. The van der Waals surface area contributed by atoms with E-state index >= 15 is 0 Å². The van der Waals surface area contributed by atoms with E-state index in [4.69, 9.17) is 0 Å². The highest BCUT2D eigenvalue weighted by Crippen LogP contribution is 2.61. The van der Waals surface area contributed by atoms with Crippen molar-refractivity contribution in [1.82, 2.24) is 0 Å². The van der Waals surface area contributed by atoms with Gasteiger partial charge in [-0.1, -0.05) is 20.3 Å². The number of carboxylic acid groups (broad SMARTS) is 4. The van der Waals surface area contributed by atoms with Crippen molar-refractivity contribution >= 4 is 23.9 Å². The molecule has 134 valence electrons. The van der Waals surface area contributed by atoms with Gasteiger partial charge in [0.15, 0.2) is 0 Å². The van der Waals surface area contributed by atoms with Crippen molar-refractivity contribution in [3.8, 4) is 0 Å². The molecule has 0 aromatic heterocycles. The average Bonchev–Trinajstić information content (AvgIpc) is 2.44. The minimum Gasteiger partial charge on any atom is -0.481 e. The molecule has 0 aromatic rings. The number of fused-ring (bicyclic) bond motifs is 1. The summed E-state index contributed by atoms with van der Waals surface area (Å²) in [6.07, 6.45) is 0.457. The van der Waals surface area contributed by atoms with Gasteiger partial charge in [-0.25, -0.2) is 0 Å². The van der Waals surface area contributed by atoms with Gasteiger partial charge in [-0.05, 0) is 30.1 Å². The third-order valence-corrected chi connectivity index (χ3v) is 6.05. The molecule has 0 amide bonds. The molecule has 0 aliphatic heterocycles. The van der Waals surface area contributed by atoms with Crippen LogP contribution in [0, 0.1) is 47.3 Å². The van der Waals surface area contributed by atoms with Crippen molar-refractivity contribution in [2.75, 3.05) is 0 Å². The van der Waals surface area contributed by atoms with Crippen LogP contribution in [-0.4, -0.2) is 44.3 Å². The first kappa shape index (κ1) is 18.2. The summed E-state index contributed by atoms with van der Waals surface area (Å²) >= 11 is 0. The topological polar surface area (TPSA) is 149 Å². The molecule has 0 heterocycles. The Morgan fingerprint density at radius 3 is 1.75 bits per heavy atom. The van der Waals surface area contributed by atoms with Crippen LogP contribution in [0.2, 0.25) is 0 Å². The highest BCUT2D eigenvalue weighted by molar-refractivity contribution is 5.85. The Morgan fingerprint density at radius 1 is 0.875 bits per heavy atom. The zero-order valence-corrected chi connectivity index (χ0v) is 13.5. The van der Waals surface area contributed by atoms with E-state index in [1.807, 2.05) is 6.92 Å². The largest absolute Gasteiger partial charge is 0.481 e. The normalized spacial score (nSPS) is 39.2. The molecule has 0 saturated heterocycles. The van der Waals surface area contributed by atoms with Crippen molar-refractivity contribution in [1.29, 1.82) is 0 Å². The lowest BCUT2D eigenvalue weighted by Crippen LogP contribution is -2.64. The van der Waals surface area contributed by atoms with E-state index in [0.717, 1.165) is 0 Å². The van der Waals surface area contributed by atoms with Gasteiger partial charge in [0, 0.05) is 0 Å². The van der Waals surface area contributed by atoms with Gasteiger partial charge in [0.25, 0.3) is 0 Å². The van der Waals surface area contributed by atoms with Gasteiger partial charge < -0.3 is 20.4 Å². The quantitative estimate of drug-likeness (QED) is 0.560. The van der Waals surface area contributed by atoms with Crippen LogP contribution < -0.4 is 0 Å². The molecular weight excluding hydrogens is 320 g/mol. The van der Waals surface area contributed by atoms with Crippen molar-refractivity contribution in [2.45, 2.75) is 26.7 Å². The zero-order valence-electron chi connectivity index (χ0n) is 13.5. The maximum Gasteiger partial charge on any atom is 0.307 e. The minimum atomic E-state index is -1.27. The van der Waals surface area contributed by atoms with Crippen molar-refractivity contribution in [3.63, 3.8) is 0 Å². The van der Waals surface area contributed by atoms with Crippen LogP contribution in [0.15, 0.2) is 0 Å². The molecule has 0 aromatic carbocycles. The summed E-state index contributed by atoms with van der Waals surface area (Å²) in [5.41, 5.74) is 0. The Bertz CT molecular complexity index is 558. The molecule has 4 N–H and O–H groups in total. The Labute approximate surface area is 138 Å². The molecule has 0 radical (unpaired) electrons. The molecule has 8 unspecified atom stereocenters. The Morgan fingerprint density at radius 2 is 1.38 bits per heavy atom. The fourth-order valence-electron chi connectivity index (χ4n) is 4.89. The van der Waals surface area contributed by atoms with Crippen LogP contribution in [0.25, 0.3) is 0 Å². The highest BCUT2D eigenvalue weighted by Gasteiger charge is 2.66. The van der Waals surface area contributed by atoms with Crippen molar-refractivity contribution in [3.05, 3.63) is 0 Å². The highest BCUT2D eigenvalue weighted by atomic mass is 16.4. The van der Waals surface area contributed by atoms with Gasteiger partial charge in [0.2, 0.25) is 0 Å². The summed E-state index contributed by atoms with van der Waals surface area (Å²) in [6, 6.07) is 0. The molecule has 0 spiro atoms. The summed E-state index contributed by atoms with van der Waals surface area (Å²) in [4.78, 5) is 46.3. The number of carbonyl (C=O) groups is 4. The van der Waals surface area contributed by atoms with Crippen LogP contribution in [-0.2, 0) is 19.2 Å². The number of hydrogen-bond donors (Lipinski definition) is 4. The van der Waals surface area contributed by atoms with Crippen LogP contribution in [0.1, 0.15) is 26.7 Å².